The highest BCUT2D eigenvalue weighted by molar-refractivity contribution is 5.76. The molecule has 1 aromatic heterocycles. The van der Waals surface area contributed by atoms with E-state index in [1.807, 2.05) is 30.7 Å². The van der Waals surface area contributed by atoms with Gasteiger partial charge in [-0.05, 0) is 33.2 Å². The Bertz CT molecular complexity index is 654. The summed E-state index contributed by atoms with van der Waals surface area (Å²) in [6, 6.07) is 4.22. The van der Waals surface area contributed by atoms with Gasteiger partial charge in [0.15, 0.2) is 0 Å². The summed E-state index contributed by atoms with van der Waals surface area (Å²) in [6.45, 7) is 6.16. The number of amides is 1. The fourth-order valence-corrected chi connectivity index (χ4v) is 3.30. The quantitative estimate of drug-likeness (QED) is 0.685. The van der Waals surface area contributed by atoms with Crippen LogP contribution in [-0.2, 0) is 11.3 Å². The summed E-state index contributed by atoms with van der Waals surface area (Å²) in [4.78, 5) is 20.2. The molecule has 0 aromatic carbocycles. The lowest BCUT2D eigenvalue weighted by Crippen LogP contribution is -2.44. The maximum atomic E-state index is 12.3. The Morgan fingerprint density at radius 2 is 2.00 bits per heavy atom. The Morgan fingerprint density at radius 1 is 1.28 bits per heavy atom. The Labute approximate surface area is 148 Å². The van der Waals surface area contributed by atoms with Crippen molar-refractivity contribution in [2.45, 2.75) is 52.1 Å². The number of carbonyl (C=O) groups is 1. The van der Waals surface area contributed by atoms with E-state index in [0.29, 0.717) is 19.0 Å². The van der Waals surface area contributed by atoms with Crippen molar-refractivity contribution < 1.29 is 4.79 Å². The van der Waals surface area contributed by atoms with E-state index in [2.05, 4.69) is 15.0 Å². The van der Waals surface area contributed by atoms with Crippen LogP contribution >= 0.6 is 0 Å². The van der Waals surface area contributed by atoms with Gasteiger partial charge in [-0.15, -0.1) is 0 Å². The first-order valence-electron chi connectivity index (χ1n) is 8.69. The number of carbonyl (C=O) groups excluding carboxylic acids is 1. The van der Waals surface area contributed by atoms with Crippen molar-refractivity contribution in [2.24, 2.45) is 0 Å². The van der Waals surface area contributed by atoms with Crippen LogP contribution in [0, 0.1) is 36.5 Å². The van der Waals surface area contributed by atoms with Crippen molar-refractivity contribution in [1.29, 1.82) is 10.5 Å². The number of aromatic nitrogens is 3. The van der Waals surface area contributed by atoms with Gasteiger partial charge in [0.05, 0.1) is 18.7 Å². The van der Waals surface area contributed by atoms with E-state index in [1.165, 1.54) is 11.3 Å². The monoisotopic (exact) mass is 343 g/mol. The summed E-state index contributed by atoms with van der Waals surface area (Å²) >= 11 is 0. The summed E-state index contributed by atoms with van der Waals surface area (Å²) in [5, 5.41) is 22.0. The van der Waals surface area contributed by atoms with E-state index >= 15 is 0 Å². The van der Waals surface area contributed by atoms with E-state index in [9.17, 15) is 4.79 Å². The Kier molecular flexibility index (Phi) is 6.91. The molecule has 0 aliphatic carbocycles. The molecule has 1 atom stereocenters. The van der Waals surface area contributed by atoms with Gasteiger partial charge in [-0.3, -0.25) is 9.69 Å². The molecule has 1 amide bonds. The summed E-state index contributed by atoms with van der Waals surface area (Å²) in [5.41, 5.74) is 0. The third-order valence-electron chi connectivity index (χ3n) is 4.58. The zero-order chi connectivity index (χ0) is 18.2. The SMILES string of the molecule is Cc1nc(C)n(C[C@@H]2CCCCN2CCC(=O)N(CC#N)CC#N)n1. The molecular weight excluding hydrogens is 318 g/mol. The second kappa shape index (κ2) is 9.14. The van der Waals surface area contributed by atoms with Crippen molar-refractivity contribution in [3.8, 4) is 12.1 Å². The predicted octanol–water partition coefficient (Wildman–Crippen LogP) is 1.02. The van der Waals surface area contributed by atoms with E-state index in [4.69, 9.17) is 10.5 Å². The molecule has 0 N–H and O–H groups in total. The molecule has 0 unspecified atom stereocenters. The zero-order valence-corrected chi connectivity index (χ0v) is 15.0. The first kappa shape index (κ1) is 18.9. The van der Waals surface area contributed by atoms with E-state index in [-0.39, 0.29) is 19.0 Å². The highest BCUT2D eigenvalue weighted by Crippen LogP contribution is 2.19. The molecule has 2 heterocycles. The Hall–Kier alpha value is -2.45. The fourth-order valence-electron chi connectivity index (χ4n) is 3.30. The van der Waals surface area contributed by atoms with Gasteiger partial charge < -0.3 is 4.90 Å². The molecule has 1 saturated heterocycles. The number of piperidine rings is 1. The molecule has 2 rings (SSSR count). The number of nitriles is 2. The highest BCUT2D eigenvalue weighted by atomic mass is 16.2. The Morgan fingerprint density at radius 3 is 2.60 bits per heavy atom. The molecule has 0 bridgehead atoms. The highest BCUT2D eigenvalue weighted by Gasteiger charge is 2.25. The van der Waals surface area contributed by atoms with Gasteiger partial charge in [0.2, 0.25) is 5.91 Å². The van der Waals surface area contributed by atoms with Crippen molar-refractivity contribution in [1.82, 2.24) is 24.6 Å². The van der Waals surface area contributed by atoms with Crippen molar-refractivity contribution in [3.63, 3.8) is 0 Å². The lowest BCUT2D eigenvalue weighted by molar-refractivity contribution is -0.130. The molecule has 1 aliphatic rings. The van der Waals surface area contributed by atoms with Crippen molar-refractivity contribution in [3.05, 3.63) is 11.6 Å². The average Bonchev–Trinajstić information content (AvgIpc) is 2.91. The minimum atomic E-state index is -0.139. The summed E-state index contributed by atoms with van der Waals surface area (Å²) < 4.78 is 1.94. The molecule has 0 spiro atoms. The second-order valence-corrected chi connectivity index (χ2v) is 6.39. The van der Waals surface area contributed by atoms with Gasteiger partial charge in [-0.1, -0.05) is 6.42 Å². The largest absolute Gasteiger partial charge is 0.316 e. The number of rotatable bonds is 7. The maximum absolute atomic E-state index is 12.3. The molecule has 0 saturated carbocycles. The first-order valence-corrected chi connectivity index (χ1v) is 8.69. The zero-order valence-electron chi connectivity index (χ0n) is 15.0. The standard InChI is InChI=1S/C17H25N7O/c1-14-20-15(2)24(21-14)13-16-5-3-4-9-22(16)10-6-17(25)23(11-7-18)12-8-19/h16H,3-6,9-13H2,1-2H3/t16-/m0/s1. The minimum absolute atomic E-state index is 0.0345. The first-order chi connectivity index (χ1) is 12.0. The number of likely N-dealkylation sites (tertiary alicyclic amines) is 1. The molecule has 25 heavy (non-hydrogen) atoms. The van der Waals surface area contributed by atoms with Gasteiger partial charge >= 0.3 is 0 Å². The van der Waals surface area contributed by atoms with Crippen LogP contribution in [-0.4, -0.2) is 62.7 Å². The topological polar surface area (TPSA) is 102 Å². The maximum Gasteiger partial charge on any atom is 0.225 e. The minimum Gasteiger partial charge on any atom is -0.316 e. The average molecular weight is 343 g/mol. The van der Waals surface area contributed by atoms with Gasteiger partial charge in [-0.2, -0.15) is 15.6 Å². The lowest BCUT2D eigenvalue weighted by Gasteiger charge is -2.35. The molecule has 134 valence electrons. The summed E-state index contributed by atoms with van der Waals surface area (Å²) in [5.74, 6) is 1.55. The van der Waals surface area contributed by atoms with Crippen LogP contribution in [0.15, 0.2) is 0 Å². The molecule has 8 nitrogen and oxygen atoms in total. The molecule has 0 radical (unpaired) electrons. The van der Waals surface area contributed by atoms with Gasteiger partial charge in [-0.25, -0.2) is 9.67 Å². The molecule has 1 fully saturated rings. The number of hydrogen-bond acceptors (Lipinski definition) is 6. The summed E-state index contributed by atoms with van der Waals surface area (Å²) in [7, 11) is 0. The fraction of sp³-hybridized carbons (Fsp3) is 0.706. The van der Waals surface area contributed by atoms with Crippen LogP contribution in [0.5, 0.6) is 0 Å². The smallest absolute Gasteiger partial charge is 0.225 e. The van der Waals surface area contributed by atoms with Gasteiger partial charge in [0, 0.05) is 19.0 Å². The van der Waals surface area contributed by atoms with Crippen LogP contribution < -0.4 is 0 Å². The summed E-state index contributed by atoms with van der Waals surface area (Å²) in [6.07, 6.45) is 3.71. The van der Waals surface area contributed by atoms with Crippen LogP contribution in [0.3, 0.4) is 0 Å². The molecule has 1 aromatic rings. The third kappa shape index (κ3) is 5.27. The van der Waals surface area contributed by atoms with E-state index in [1.54, 1.807) is 0 Å². The third-order valence-corrected chi connectivity index (χ3v) is 4.58. The van der Waals surface area contributed by atoms with Crippen LogP contribution in [0.1, 0.15) is 37.3 Å². The number of hydrogen-bond donors (Lipinski definition) is 0. The molecule has 8 heteroatoms. The van der Waals surface area contributed by atoms with E-state index in [0.717, 1.165) is 37.6 Å². The molecular formula is C17H25N7O. The van der Waals surface area contributed by atoms with Gasteiger partial charge in [0.1, 0.15) is 24.7 Å². The second-order valence-electron chi connectivity index (χ2n) is 6.39. The van der Waals surface area contributed by atoms with Crippen molar-refractivity contribution >= 4 is 5.91 Å². The van der Waals surface area contributed by atoms with Gasteiger partial charge in [0.25, 0.3) is 0 Å². The van der Waals surface area contributed by atoms with Crippen LogP contribution in [0.25, 0.3) is 0 Å². The molecule has 1 aliphatic heterocycles. The number of aryl methyl sites for hydroxylation is 2. The Balaban J connectivity index is 1.94. The predicted molar refractivity (Wildman–Crippen MR) is 91.1 cm³/mol. The number of nitrogens with zero attached hydrogens (tertiary/aromatic N) is 7. The van der Waals surface area contributed by atoms with E-state index < -0.39 is 0 Å². The van der Waals surface area contributed by atoms with Crippen LogP contribution in [0.2, 0.25) is 0 Å². The van der Waals surface area contributed by atoms with Crippen LogP contribution in [0.4, 0.5) is 0 Å². The van der Waals surface area contributed by atoms with Crippen molar-refractivity contribution in [2.75, 3.05) is 26.2 Å². The normalized spacial score (nSPS) is 17.7. The lowest BCUT2D eigenvalue weighted by atomic mass is 10.0.